The van der Waals surface area contributed by atoms with Crippen molar-refractivity contribution in [3.05, 3.63) is 12.2 Å². The molecule has 18 heavy (non-hydrogen) atoms. The topological polar surface area (TPSA) is 52.0 Å². The average molecular weight is 252 g/mol. The van der Waals surface area contributed by atoms with Crippen LogP contribution in [0.25, 0.3) is 0 Å². The lowest BCUT2D eigenvalue weighted by Crippen LogP contribution is -2.43. The number of nitrogens with zero attached hydrogens (tertiary/aromatic N) is 3. The number of nitrogens with one attached hydrogen (secondary N) is 1. The van der Waals surface area contributed by atoms with Crippen molar-refractivity contribution in [2.45, 2.75) is 45.7 Å². The van der Waals surface area contributed by atoms with E-state index in [-0.39, 0.29) is 0 Å². The fourth-order valence-electron chi connectivity index (χ4n) is 2.61. The van der Waals surface area contributed by atoms with E-state index in [1.165, 1.54) is 0 Å². The van der Waals surface area contributed by atoms with Gasteiger partial charge < -0.3 is 10.1 Å². The van der Waals surface area contributed by atoms with Crippen LogP contribution in [0.15, 0.2) is 6.33 Å². The molecule has 0 bridgehead atoms. The summed E-state index contributed by atoms with van der Waals surface area (Å²) in [5, 5.41) is 7.85. The second-order valence-corrected chi connectivity index (χ2v) is 4.89. The summed E-state index contributed by atoms with van der Waals surface area (Å²) in [5.41, 5.74) is 0. The Balaban J connectivity index is 1.99. The highest BCUT2D eigenvalue weighted by Crippen LogP contribution is 2.19. The molecule has 1 aliphatic heterocycles. The molecule has 5 nitrogen and oxygen atoms in total. The standard InChI is InChI=1S/C13H24N4O/c1-3-6-17-13(15-10-16-17)8-11-9-18-7-5-12(11)14-4-2/h10-12,14H,3-9H2,1-2H3. The molecule has 0 aliphatic carbocycles. The SMILES string of the molecule is CCCn1ncnc1CC1COCCC1NCC. The smallest absolute Gasteiger partial charge is 0.138 e. The minimum atomic E-state index is 0.513. The molecule has 0 spiro atoms. The van der Waals surface area contributed by atoms with Gasteiger partial charge in [-0.2, -0.15) is 5.10 Å². The summed E-state index contributed by atoms with van der Waals surface area (Å²) >= 11 is 0. The zero-order valence-electron chi connectivity index (χ0n) is 11.4. The van der Waals surface area contributed by atoms with Crippen LogP contribution < -0.4 is 5.32 Å². The average Bonchev–Trinajstić information content (AvgIpc) is 2.80. The zero-order valence-corrected chi connectivity index (χ0v) is 11.4. The van der Waals surface area contributed by atoms with E-state index >= 15 is 0 Å². The van der Waals surface area contributed by atoms with Crippen molar-refractivity contribution in [2.75, 3.05) is 19.8 Å². The Kier molecular flexibility index (Phi) is 5.13. The molecule has 2 rings (SSSR count). The Morgan fingerprint density at radius 2 is 2.39 bits per heavy atom. The van der Waals surface area contributed by atoms with Gasteiger partial charge in [0.1, 0.15) is 12.2 Å². The molecular weight excluding hydrogens is 228 g/mol. The van der Waals surface area contributed by atoms with Gasteiger partial charge in [0.25, 0.3) is 0 Å². The molecule has 0 saturated carbocycles. The van der Waals surface area contributed by atoms with E-state index in [1.807, 2.05) is 4.68 Å². The number of ether oxygens (including phenoxy) is 1. The Morgan fingerprint density at radius 3 is 3.17 bits per heavy atom. The van der Waals surface area contributed by atoms with Gasteiger partial charge in [0.2, 0.25) is 0 Å². The van der Waals surface area contributed by atoms with Crippen LogP contribution in [0.4, 0.5) is 0 Å². The summed E-state index contributed by atoms with van der Waals surface area (Å²) < 4.78 is 7.64. The third-order valence-corrected chi connectivity index (χ3v) is 3.52. The quantitative estimate of drug-likeness (QED) is 0.828. The van der Waals surface area contributed by atoms with Crippen molar-refractivity contribution in [2.24, 2.45) is 5.92 Å². The van der Waals surface area contributed by atoms with E-state index in [0.29, 0.717) is 12.0 Å². The van der Waals surface area contributed by atoms with E-state index < -0.39 is 0 Å². The van der Waals surface area contributed by atoms with Crippen molar-refractivity contribution < 1.29 is 4.74 Å². The Bertz CT molecular complexity index is 351. The molecule has 2 unspecified atom stereocenters. The Hall–Kier alpha value is -0.940. The molecule has 1 fully saturated rings. The summed E-state index contributed by atoms with van der Waals surface area (Å²) in [5.74, 6) is 1.61. The third kappa shape index (κ3) is 3.29. The van der Waals surface area contributed by atoms with E-state index in [4.69, 9.17) is 4.74 Å². The molecule has 1 aliphatic rings. The van der Waals surface area contributed by atoms with E-state index in [2.05, 4.69) is 29.2 Å². The third-order valence-electron chi connectivity index (χ3n) is 3.52. The summed E-state index contributed by atoms with van der Waals surface area (Å²) in [4.78, 5) is 4.39. The highest BCUT2D eigenvalue weighted by molar-refractivity contribution is 4.92. The van der Waals surface area contributed by atoms with Crippen LogP contribution in [-0.2, 0) is 17.7 Å². The van der Waals surface area contributed by atoms with Crippen LogP contribution in [0.3, 0.4) is 0 Å². The lowest BCUT2D eigenvalue weighted by atomic mass is 9.92. The van der Waals surface area contributed by atoms with Gasteiger partial charge >= 0.3 is 0 Å². The van der Waals surface area contributed by atoms with Gasteiger partial charge in [-0.1, -0.05) is 13.8 Å². The maximum atomic E-state index is 5.61. The van der Waals surface area contributed by atoms with Crippen LogP contribution in [0, 0.1) is 5.92 Å². The number of aryl methyl sites for hydroxylation is 1. The van der Waals surface area contributed by atoms with Gasteiger partial charge in [0.15, 0.2) is 0 Å². The van der Waals surface area contributed by atoms with E-state index in [0.717, 1.165) is 51.4 Å². The molecule has 2 atom stereocenters. The fraction of sp³-hybridized carbons (Fsp3) is 0.846. The number of hydrogen-bond donors (Lipinski definition) is 1. The fourth-order valence-corrected chi connectivity index (χ4v) is 2.61. The molecule has 1 saturated heterocycles. The first-order valence-electron chi connectivity index (χ1n) is 7.03. The molecule has 102 valence electrons. The van der Waals surface area contributed by atoms with Gasteiger partial charge in [-0.05, 0) is 19.4 Å². The second kappa shape index (κ2) is 6.85. The van der Waals surface area contributed by atoms with Crippen LogP contribution in [-0.4, -0.2) is 40.6 Å². The first-order valence-corrected chi connectivity index (χ1v) is 7.03. The first kappa shape index (κ1) is 13.5. The summed E-state index contributed by atoms with van der Waals surface area (Å²) in [6, 6.07) is 0.551. The molecule has 0 amide bonds. The Morgan fingerprint density at radius 1 is 1.50 bits per heavy atom. The summed E-state index contributed by atoms with van der Waals surface area (Å²) in [7, 11) is 0. The van der Waals surface area contributed by atoms with Crippen molar-refractivity contribution >= 4 is 0 Å². The van der Waals surface area contributed by atoms with Crippen LogP contribution >= 0.6 is 0 Å². The minimum Gasteiger partial charge on any atom is -0.381 e. The maximum Gasteiger partial charge on any atom is 0.138 e. The van der Waals surface area contributed by atoms with Gasteiger partial charge in [-0.15, -0.1) is 0 Å². The predicted octanol–water partition coefficient (Wildman–Crippen LogP) is 1.25. The van der Waals surface area contributed by atoms with E-state index in [9.17, 15) is 0 Å². The molecule has 0 aromatic carbocycles. The van der Waals surface area contributed by atoms with Crippen LogP contribution in [0.5, 0.6) is 0 Å². The minimum absolute atomic E-state index is 0.513. The molecular formula is C13H24N4O. The molecule has 5 heteroatoms. The van der Waals surface area contributed by atoms with Crippen molar-refractivity contribution in [1.29, 1.82) is 0 Å². The lowest BCUT2D eigenvalue weighted by molar-refractivity contribution is 0.0315. The molecule has 1 aromatic heterocycles. The molecule has 2 heterocycles. The molecule has 0 radical (unpaired) electrons. The molecule has 1 N–H and O–H groups in total. The van der Waals surface area contributed by atoms with Crippen LogP contribution in [0.2, 0.25) is 0 Å². The predicted molar refractivity (Wildman–Crippen MR) is 70.4 cm³/mol. The normalized spacial score (nSPS) is 24.3. The van der Waals surface area contributed by atoms with Gasteiger partial charge in [0, 0.05) is 31.5 Å². The lowest BCUT2D eigenvalue weighted by Gasteiger charge is -2.31. The number of hydrogen-bond acceptors (Lipinski definition) is 4. The van der Waals surface area contributed by atoms with Gasteiger partial charge in [-0.25, -0.2) is 4.98 Å². The van der Waals surface area contributed by atoms with Gasteiger partial charge in [-0.3, -0.25) is 4.68 Å². The van der Waals surface area contributed by atoms with E-state index in [1.54, 1.807) is 6.33 Å². The highest BCUT2D eigenvalue weighted by Gasteiger charge is 2.26. The summed E-state index contributed by atoms with van der Waals surface area (Å²) in [6.45, 7) is 7.99. The van der Waals surface area contributed by atoms with Crippen LogP contribution in [0.1, 0.15) is 32.5 Å². The zero-order chi connectivity index (χ0) is 12.8. The first-order chi connectivity index (χ1) is 8.85. The van der Waals surface area contributed by atoms with Crippen molar-refractivity contribution in [1.82, 2.24) is 20.1 Å². The van der Waals surface area contributed by atoms with Crippen molar-refractivity contribution in [3.63, 3.8) is 0 Å². The largest absolute Gasteiger partial charge is 0.381 e. The van der Waals surface area contributed by atoms with Crippen molar-refractivity contribution in [3.8, 4) is 0 Å². The summed E-state index contributed by atoms with van der Waals surface area (Å²) in [6.07, 6.45) is 4.81. The monoisotopic (exact) mass is 252 g/mol. The number of aromatic nitrogens is 3. The highest BCUT2D eigenvalue weighted by atomic mass is 16.5. The Labute approximate surface area is 109 Å². The number of rotatable bonds is 6. The second-order valence-electron chi connectivity index (χ2n) is 4.89. The maximum absolute atomic E-state index is 5.61. The van der Waals surface area contributed by atoms with Gasteiger partial charge in [0.05, 0.1) is 6.61 Å². The molecule has 1 aromatic rings.